The van der Waals surface area contributed by atoms with Crippen LogP contribution < -0.4 is 0 Å². The number of rotatable bonds is 3. The average Bonchev–Trinajstić information content (AvgIpc) is 2.23. The third-order valence-electron chi connectivity index (χ3n) is 2.28. The van der Waals surface area contributed by atoms with Gasteiger partial charge in [-0.15, -0.1) is 11.6 Å². The Morgan fingerprint density at radius 3 is 2.75 bits per heavy atom. The van der Waals surface area contributed by atoms with E-state index in [4.69, 9.17) is 16.3 Å². The summed E-state index contributed by atoms with van der Waals surface area (Å²) < 4.78 is 5.17. The molecule has 3 heteroatoms. The highest BCUT2D eigenvalue weighted by molar-refractivity contribution is 6.17. The van der Waals surface area contributed by atoms with E-state index in [1.807, 2.05) is 13.8 Å². The van der Waals surface area contributed by atoms with E-state index in [0.29, 0.717) is 5.88 Å². The molecule has 0 fully saturated rings. The lowest BCUT2D eigenvalue weighted by atomic mass is 9.93. The van der Waals surface area contributed by atoms with E-state index in [0.717, 1.165) is 18.4 Å². The van der Waals surface area contributed by atoms with Crippen LogP contribution in [-0.2, 0) is 9.53 Å². The van der Waals surface area contributed by atoms with Crippen LogP contribution in [0.25, 0.3) is 0 Å². The molecule has 0 saturated carbocycles. The normalized spacial score (nSPS) is 28.6. The van der Waals surface area contributed by atoms with Crippen LogP contribution in [0.5, 0.6) is 0 Å². The zero-order valence-electron chi connectivity index (χ0n) is 7.39. The van der Waals surface area contributed by atoms with E-state index in [1.54, 1.807) is 6.08 Å². The first kappa shape index (κ1) is 9.59. The summed E-state index contributed by atoms with van der Waals surface area (Å²) in [6.45, 7) is 3.84. The summed E-state index contributed by atoms with van der Waals surface area (Å²) in [5, 5.41) is 0. The van der Waals surface area contributed by atoms with Crippen molar-refractivity contribution < 1.29 is 9.53 Å². The molecule has 0 amide bonds. The molecule has 1 rings (SSSR count). The standard InChI is InChI=1S/C9H13ClO2/c1-7-6-8(11)12-9(7,2)4-3-5-10/h6H,3-5H2,1-2H3. The zero-order chi connectivity index (χ0) is 9.19. The lowest BCUT2D eigenvalue weighted by molar-refractivity contribution is -0.145. The van der Waals surface area contributed by atoms with E-state index in [2.05, 4.69) is 0 Å². The van der Waals surface area contributed by atoms with Gasteiger partial charge in [0.1, 0.15) is 5.60 Å². The molecule has 1 atom stereocenters. The number of esters is 1. The Labute approximate surface area is 77.5 Å². The van der Waals surface area contributed by atoms with Crippen molar-refractivity contribution >= 4 is 17.6 Å². The van der Waals surface area contributed by atoms with E-state index in [1.165, 1.54) is 0 Å². The van der Waals surface area contributed by atoms with E-state index >= 15 is 0 Å². The van der Waals surface area contributed by atoms with E-state index in [-0.39, 0.29) is 5.97 Å². The Balaban J connectivity index is 2.61. The summed E-state index contributed by atoms with van der Waals surface area (Å²) in [4.78, 5) is 10.9. The minimum Gasteiger partial charge on any atom is -0.452 e. The molecule has 0 radical (unpaired) electrons. The maximum Gasteiger partial charge on any atom is 0.331 e. The molecule has 1 unspecified atom stereocenters. The molecular formula is C9H13ClO2. The highest BCUT2D eigenvalue weighted by Crippen LogP contribution is 2.31. The van der Waals surface area contributed by atoms with Gasteiger partial charge in [0.15, 0.2) is 0 Å². The van der Waals surface area contributed by atoms with Crippen LogP contribution in [-0.4, -0.2) is 17.5 Å². The first-order chi connectivity index (χ1) is 5.58. The Bertz CT molecular complexity index is 223. The van der Waals surface area contributed by atoms with Crippen molar-refractivity contribution in [2.24, 2.45) is 0 Å². The Morgan fingerprint density at radius 2 is 2.33 bits per heavy atom. The Hall–Kier alpha value is -0.500. The molecule has 0 spiro atoms. The van der Waals surface area contributed by atoms with Gasteiger partial charge in [0.2, 0.25) is 0 Å². The molecule has 1 aliphatic heterocycles. The number of carbonyl (C=O) groups is 1. The van der Waals surface area contributed by atoms with Gasteiger partial charge in [-0.3, -0.25) is 0 Å². The molecule has 0 aromatic heterocycles. The minimum absolute atomic E-state index is 0.232. The largest absolute Gasteiger partial charge is 0.452 e. The Morgan fingerprint density at radius 1 is 1.67 bits per heavy atom. The number of cyclic esters (lactones) is 1. The van der Waals surface area contributed by atoms with Gasteiger partial charge in [0.25, 0.3) is 0 Å². The second kappa shape index (κ2) is 3.48. The van der Waals surface area contributed by atoms with Crippen LogP contribution in [0.2, 0.25) is 0 Å². The first-order valence-corrected chi connectivity index (χ1v) is 4.60. The highest BCUT2D eigenvalue weighted by Gasteiger charge is 2.35. The van der Waals surface area contributed by atoms with Crippen molar-refractivity contribution in [3.05, 3.63) is 11.6 Å². The van der Waals surface area contributed by atoms with Crippen molar-refractivity contribution in [3.8, 4) is 0 Å². The molecule has 0 aromatic carbocycles. The van der Waals surface area contributed by atoms with Gasteiger partial charge >= 0.3 is 5.97 Å². The van der Waals surface area contributed by atoms with E-state index in [9.17, 15) is 4.79 Å². The number of ether oxygens (including phenoxy) is 1. The maximum absolute atomic E-state index is 10.9. The number of hydrogen-bond acceptors (Lipinski definition) is 2. The van der Waals surface area contributed by atoms with Crippen LogP contribution in [0.1, 0.15) is 26.7 Å². The molecular weight excluding hydrogens is 176 g/mol. The van der Waals surface area contributed by atoms with Gasteiger partial charge in [-0.25, -0.2) is 4.79 Å². The van der Waals surface area contributed by atoms with Crippen molar-refractivity contribution in [2.45, 2.75) is 32.3 Å². The molecule has 68 valence electrons. The van der Waals surface area contributed by atoms with Gasteiger partial charge < -0.3 is 4.74 Å². The predicted molar refractivity (Wildman–Crippen MR) is 48.2 cm³/mol. The lowest BCUT2D eigenvalue weighted by Gasteiger charge is -2.24. The van der Waals surface area contributed by atoms with Crippen LogP contribution in [0.4, 0.5) is 0 Å². The molecule has 0 N–H and O–H groups in total. The fraction of sp³-hybridized carbons (Fsp3) is 0.667. The highest BCUT2D eigenvalue weighted by atomic mass is 35.5. The minimum atomic E-state index is -0.397. The molecule has 0 saturated heterocycles. The van der Waals surface area contributed by atoms with Gasteiger partial charge in [0, 0.05) is 12.0 Å². The molecule has 0 bridgehead atoms. The Kier molecular flexibility index (Phi) is 2.78. The topological polar surface area (TPSA) is 26.3 Å². The summed E-state index contributed by atoms with van der Waals surface area (Å²) in [7, 11) is 0. The van der Waals surface area contributed by atoms with Gasteiger partial charge in [-0.05, 0) is 32.3 Å². The summed E-state index contributed by atoms with van der Waals surface area (Å²) in [5.74, 6) is 0.380. The first-order valence-electron chi connectivity index (χ1n) is 4.06. The van der Waals surface area contributed by atoms with Crippen LogP contribution in [0.3, 0.4) is 0 Å². The number of halogens is 1. The molecule has 2 nitrogen and oxygen atoms in total. The van der Waals surface area contributed by atoms with Crippen molar-refractivity contribution in [1.29, 1.82) is 0 Å². The van der Waals surface area contributed by atoms with Gasteiger partial charge in [0.05, 0.1) is 0 Å². The lowest BCUT2D eigenvalue weighted by Crippen LogP contribution is -2.27. The zero-order valence-corrected chi connectivity index (χ0v) is 8.15. The monoisotopic (exact) mass is 188 g/mol. The van der Waals surface area contributed by atoms with Gasteiger partial charge in [-0.1, -0.05) is 0 Å². The molecule has 0 aliphatic carbocycles. The van der Waals surface area contributed by atoms with Crippen molar-refractivity contribution in [1.82, 2.24) is 0 Å². The summed E-state index contributed by atoms with van der Waals surface area (Å²) in [6, 6.07) is 0. The van der Waals surface area contributed by atoms with Crippen LogP contribution in [0, 0.1) is 0 Å². The summed E-state index contributed by atoms with van der Waals surface area (Å²) >= 11 is 5.57. The third kappa shape index (κ3) is 1.81. The molecule has 1 aliphatic rings. The smallest absolute Gasteiger partial charge is 0.331 e. The SMILES string of the molecule is CC1=CC(=O)OC1(C)CCCCl. The summed E-state index contributed by atoms with van der Waals surface area (Å²) in [6.07, 6.45) is 3.23. The van der Waals surface area contributed by atoms with Crippen molar-refractivity contribution in [3.63, 3.8) is 0 Å². The number of carbonyl (C=O) groups excluding carboxylic acids is 1. The second-order valence-corrected chi connectivity index (χ2v) is 3.65. The molecule has 1 heterocycles. The fourth-order valence-electron chi connectivity index (χ4n) is 1.31. The van der Waals surface area contributed by atoms with Gasteiger partial charge in [-0.2, -0.15) is 0 Å². The van der Waals surface area contributed by atoms with Crippen LogP contribution >= 0.6 is 11.6 Å². The molecule has 12 heavy (non-hydrogen) atoms. The second-order valence-electron chi connectivity index (χ2n) is 3.27. The number of hydrogen-bond donors (Lipinski definition) is 0. The third-order valence-corrected chi connectivity index (χ3v) is 2.55. The van der Waals surface area contributed by atoms with Crippen molar-refractivity contribution in [2.75, 3.05) is 5.88 Å². The van der Waals surface area contributed by atoms with E-state index < -0.39 is 5.60 Å². The molecule has 0 aromatic rings. The predicted octanol–water partition coefficient (Wildman–Crippen LogP) is 2.27. The quantitative estimate of drug-likeness (QED) is 0.502. The fourth-order valence-corrected chi connectivity index (χ4v) is 1.45. The maximum atomic E-state index is 10.9. The number of alkyl halides is 1. The summed E-state index contributed by atoms with van der Waals surface area (Å²) in [5.41, 5.74) is 0.601. The average molecular weight is 189 g/mol. The van der Waals surface area contributed by atoms with Crippen LogP contribution in [0.15, 0.2) is 11.6 Å².